The van der Waals surface area contributed by atoms with Crippen LogP contribution in [0.25, 0.3) is 0 Å². The second-order valence-corrected chi connectivity index (χ2v) is 10.6. The van der Waals surface area contributed by atoms with Gasteiger partial charge in [0.2, 0.25) is 12.3 Å². The molecule has 39 heavy (non-hydrogen) atoms. The number of hydrogen-bond donors (Lipinski definition) is 3. The number of rotatable bonds is 12. The molecule has 13 heteroatoms. The molecule has 0 radical (unpaired) electrons. The topological polar surface area (TPSA) is 140 Å². The predicted octanol–water partition coefficient (Wildman–Crippen LogP) is 3.16. The number of aromatic nitrogens is 6. The van der Waals surface area contributed by atoms with Crippen LogP contribution in [0.4, 0.5) is 14.5 Å². The molecule has 5 rings (SSSR count). The summed E-state index contributed by atoms with van der Waals surface area (Å²) in [4.78, 5) is 39.2. The number of halogens is 2. The Bertz CT molecular complexity index is 1360. The van der Waals surface area contributed by atoms with E-state index in [4.69, 9.17) is 0 Å². The number of aromatic amines is 1. The van der Waals surface area contributed by atoms with Crippen LogP contribution in [0, 0.1) is 17.8 Å². The lowest BCUT2D eigenvalue weighted by Crippen LogP contribution is -2.50. The normalized spacial score (nSPS) is 17.0. The molecule has 2 fully saturated rings. The van der Waals surface area contributed by atoms with Gasteiger partial charge in [0.15, 0.2) is 0 Å². The lowest BCUT2D eigenvalue weighted by atomic mass is 9.88. The van der Waals surface area contributed by atoms with Gasteiger partial charge in [0.25, 0.3) is 11.5 Å². The van der Waals surface area contributed by atoms with Gasteiger partial charge in [-0.1, -0.05) is 0 Å². The number of amides is 2. The summed E-state index contributed by atoms with van der Waals surface area (Å²) in [6.07, 6.45) is 6.35. The van der Waals surface area contributed by atoms with Gasteiger partial charge in [-0.25, -0.2) is 13.9 Å². The first kappa shape index (κ1) is 26.7. The Morgan fingerprint density at radius 2 is 1.82 bits per heavy atom. The van der Waals surface area contributed by atoms with Gasteiger partial charge in [-0.05, 0) is 69.4 Å². The fraction of sp³-hybridized carbons (Fsp3) is 0.538. The molecule has 2 aliphatic carbocycles. The van der Waals surface area contributed by atoms with Crippen molar-refractivity contribution in [3.05, 3.63) is 58.5 Å². The third-order valence-corrected chi connectivity index (χ3v) is 7.38. The quantitative estimate of drug-likeness (QED) is 0.321. The summed E-state index contributed by atoms with van der Waals surface area (Å²) < 4.78 is 29.6. The van der Waals surface area contributed by atoms with Crippen LogP contribution in [0.3, 0.4) is 0 Å². The molecule has 0 aromatic carbocycles. The number of H-pyrrole nitrogens is 1. The van der Waals surface area contributed by atoms with Gasteiger partial charge in [-0.15, -0.1) is 0 Å². The average molecular weight is 543 g/mol. The van der Waals surface area contributed by atoms with E-state index in [9.17, 15) is 23.2 Å². The molecule has 2 amide bonds. The largest absolute Gasteiger partial charge is 0.339 e. The highest BCUT2D eigenvalue weighted by molar-refractivity contribution is 6.00. The van der Waals surface area contributed by atoms with Gasteiger partial charge in [0.1, 0.15) is 11.7 Å². The van der Waals surface area contributed by atoms with Crippen molar-refractivity contribution in [3.63, 3.8) is 0 Å². The van der Waals surface area contributed by atoms with Gasteiger partial charge in [-0.2, -0.15) is 15.3 Å². The summed E-state index contributed by atoms with van der Waals surface area (Å²) in [5.74, 6) is -0.0478. The average Bonchev–Trinajstić information content (AvgIpc) is 3.81. The molecule has 2 atom stereocenters. The summed E-state index contributed by atoms with van der Waals surface area (Å²) in [6.45, 7) is 3.84. The van der Waals surface area contributed by atoms with Crippen LogP contribution in [0.2, 0.25) is 0 Å². The maximum absolute atomic E-state index is 13.7. The van der Waals surface area contributed by atoms with Crippen molar-refractivity contribution in [3.8, 4) is 0 Å². The van der Waals surface area contributed by atoms with Crippen LogP contribution in [-0.2, 0) is 4.79 Å². The predicted molar refractivity (Wildman–Crippen MR) is 137 cm³/mol. The summed E-state index contributed by atoms with van der Waals surface area (Å²) in [7, 11) is 0. The van der Waals surface area contributed by atoms with E-state index >= 15 is 0 Å². The molecule has 208 valence electrons. The van der Waals surface area contributed by atoms with E-state index in [1.54, 1.807) is 16.9 Å². The fourth-order valence-corrected chi connectivity index (χ4v) is 5.30. The molecular formula is C26H32F2N8O3. The minimum absolute atomic E-state index is 0.00127. The highest BCUT2D eigenvalue weighted by Crippen LogP contribution is 2.51. The maximum Gasteiger partial charge on any atom is 0.270 e. The number of anilines is 1. The molecule has 3 aromatic heterocycles. The molecule has 2 aliphatic rings. The summed E-state index contributed by atoms with van der Waals surface area (Å²) in [6, 6.07) is 1.13. The first-order valence-corrected chi connectivity index (χ1v) is 13.2. The number of carbonyl (C=O) groups is 2. The van der Waals surface area contributed by atoms with E-state index in [0.29, 0.717) is 17.5 Å². The molecule has 0 spiro atoms. The van der Waals surface area contributed by atoms with Crippen LogP contribution < -0.4 is 16.2 Å². The lowest BCUT2D eigenvalue weighted by Gasteiger charge is -2.27. The van der Waals surface area contributed by atoms with E-state index in [2.05, 4.69) is 31.0 Å². The van der Waals surface area contributed by atoms with Crippen molar-refractivity contribution in [2.45, 2.75) is 70.5 Å². The van der Waals surface area contributed by atoms with E-state index in [1.807, 2.05) is 13.8 Å². The zero-order valence-corrected chi connectivity index (χ0v) is 21.8. The van der Waals surface area contributed by atoms with Gasteiger partial charge < -0.3 is 10.6 Å². The first-order valence-electron chi connectivity index (χ1n) is 13.2. The molecule has 0 saturated heterocycles. The maximum atomic E-state index is 13.7. The van der Waals surface area contributed by atoms with Crippen LogP contribution in [0.5, 0.6) is 0 Å². The standard InChI is InChI=1S/C26H32F2N8O3/c1-14(2)36-19(8-10-30-36)25(38)33-23(22(15-3-4-15)16-5-6-16)26(39)32-17-12-31-35(13-17)20(11-21(27)28)18-7-9-29-34-24(18)37/h7-10,12-16,20-23H,3-6,11H2,1-2H3,(H,32,39)(H,33,38)(H,34,37). The second-order valence-electron chi connectivity index (χ2n) is 10.6. The van der Waals surface area contributed by atoms with Crippen molar-refractivity contribution >= 4 is 17.5 Å². The van der Waals surface area contributed by atoms with Crippen molar-refractivity contribution in [2.24, 2.45) is 17.8 Å². The Hall–Kier alpha value is -3.90. The minimum atomic E-state index is -2.69. The smallest absolute Gasteiger partial charge is 0.270 e. The van der Waals surface area contributed by atoms with Crippen LogP contribution in [0.1, 0.15) is 74.1 Å². The second kappa shape index (κ2) is 11.1. The Labute approximate surface area is 223 Å². The Morgan fingerprint density at radius 1 is 1.10 bits per heavy atom. The zero-order valence-electron chi connectivity index (χ0n) is 21.8. The third-order valence-electron chi connectivity index (χ3n) is 7.38. The highest BCUT2D eigenvalue weighted by atomic mass is 19.3. The lowest BCUT2D eigenvalue weighted by molar-refractivity contribution is -0.119. The van der Waals surface area contributed by atoms with E-state index in [1.165, 1.54) is 29.3 Å². The van der Waals surface area contributed by atoms with Crippen LogP contribution in [-0.4, -0.2) is 54.0 Å². The SMILES string of the molecule is CC(C)n1nccc1C(=O)NC(C(=O)Nc1cnn(C(CC(F)F)c2ccn[nH]c2=O)c1)C(C1CC1)C1CC1. The molecule has 3 aromatic rings. The number of hydrogen-bond acceptors (Lipinski definition) is 6. The molecular weight excluding hydrogens is 510 g/mol. The molecule has 0 bridgehead atoms. The Kier molecular flexibility index (Phi) is 7.58. The summed E-state index contributed by atoms with van der Waals surface area (Å²) in [5.41, 5.74) is 0.144. The minimum Gasteiger partial charge on any atom is -0.339 e. The van der Waals surface area contributed by atoms with Crippen molar-refractivity contribution < 1.29 is 18.4 Å². The molecule has 3 N–H and O–H groups in total. The van der Waals surface area contributed by atoms with Crippen LogP contribution in [0.15, 0.2) is 41.7 Å². The number of nitrogens with zero attached hydrogens (tertiary/aromatic N) is 5. The highest BCUT2D eigenvalue weighted by Gasteiger charge is 2.48. The van der Waals surface area contributed by atoms with Gasteiger partial charge in [0.05, 0.1) is 17.9 Å². The van der Waals surface area contributed by atoms with Gasteiger partial charge in [0, 0.05) is 36.6 Å². The molecule has 2 saturated carbocycles. The molecule has 3 heterocycles. The Morgan fingerprint density at radius 3 is 2.44 bits per heavy atom. The zero-order chi connectivity index (χ0) is 27.7. The van der Waals surface area contributed by atoms with Gasteiger partial charge >= 0.3 is 0 Å². The number of carbonyl (C=O) groups excluding carboxylic acids is 2. The number of alkyl halides is 2. The van der Waals surface area contributed by atoms with Crippen LogP contribution >= 0.6 is 0 Å². The van der Waals surface area contributed by atoms with Gasteiger partial charge in [-0.3, -0.25) is 23.7 Å². The molecule has 2 unspecified atom stereocenters. The van der Waals surface area contributed by atoms with Crippen molar-refractivity contribution in [1.82, 2.24) is 35.1 Å². The number of nitrogens with one attached hydrogen (secondary N) is 3. The van der Waals surface area contributed by atoms with E-state index in [-0.39, 0.29) is 29.1 Å². The molecule has 11 nitrogen and oxygen atoms in total. The van der Waals surface area contributed by atoms with E-state index < -0.39 is 36.4 Å². The fourth-order valence-electron chi connectivity index (χ4n) is 5.30. The summed E-state index contributed by atoms with van der Waals surface area (Å²) in [5, 5.41) is 20.1. The van der Waals surface area contributed by atoms with Crippen molar-refractivity contribution in [1.29, 1.82) is 0 Å². The van der Waals surface area contributed by atoms with E-state index in [0.717, 1.165) is 25.7 Å². The third kappa shape index (κ3) is 6.07. The Balaban J connectivity index is 1.38. The van der Waals surface area contributed by atoms with Crippen molar-refractivity contribution in [2.75, 3.05) is 5.32 Å². The first-order chi connectivity index (χ1) is 18.7. The monoisotopic (exact) mass is 542 g/mol. The summed E-state index contributed by atoms with van der Waals surface area (Å²) >= 11 is 0. The molecule has 0 aliphatic heterocycles.